The minimum Gasteiger partial charge on any atom is -0.396 e. The smallest absolute Gasteiger partial charge is 0.139 e. The van der Waals surface area contributed by atoms with E-state index in [4.69, 9.17) is 0 Å². The number of hydrogen-bond donors (Lipinski definition) is 2. The van der Waals surface area contributed by atoms with Crippen molar-refractivity contribution in [3.05, 3.63) is 35.8 Å². The van der Waals surface area contributed by atoms with Crippen molar-refractivity contribution in [1.29, 1.82) is 0 Å². The third-order valence-electron chi connectivity index (χ3n) is 3.91. The quantitative estimate of drug-likeness (QED) is 0.839. The summed E-state index contributed by atoms with van der Waals surface area (Å²) in [6, 6.07) is 4.12. The maximum absolute atomic E-state index is 9.26. The van der Waals surface area contributed by atoms with Gasteiger partial charge < -0.3 is 14.8 Å². The van der Waals surface area contributed by atoms with Crippen LogP contribution in [-0.2, 0) is 6.54 Å². The van der Waals surface area contributed by atoms with E-state index >= 15 is 0 Å². The molecule has 1 aliphatic carbocycles. The summed E-state index contributed by atoms with van der Waals surface area (Å²) >= 11 is 0. The van der Waals surface area contributed by atoms with E-state index in [2.05, 4.69) is 27.7 Å². The first kappa shape index (κ1) is 11.7. The number of pyridine rings is 1. The van der Waals surface area contributed by atoms with E-state index in [0.717, 1.165) is 31.6 Å². The van der Waals surface area contributed by atoms with Crippen LogP contribution in [0.4, 0.5) is 0 Å². The molecule has 18 heavy (non-hydrogen) atoms. The molecule has 0 saturated heterocycles. The van der Waals surface area contributed by atoms with Gasteiger partial charge in [-0.25, -0.2) is 4.98 Å². The van der Waals surface area contributed by atoms with Crippen LogP contribution in [0.3, 0.4) is 0 Å². The second-order valence-corrected chi connectivity index (χ2v) is 5.40. The number of nitrogens with zero attached hydrogens (tertiary/aromatic N) is 2. The molecule has 0 radical (unpaired) electrons. The Labute approximate surface area is 107 Å². The highest BCUT2D eigenvalue weighted by Crippen LogP contribution is 2.44. The molecule has 0 amide bonds. The van der Waals surface area contributed by atoms with E-state index in [1.807, 2.05) is 18.5 Å². The fourth-order valence-electron chi connectivity index (χ4n) is 2.36. The summed E-state index contributed by atoms with van der Waals surface area (Å²) in [6.45, 7) is 4.06. The molecule has 4 heteroatoms. The lowest BCUT2D eigenvalue weighted by Crippen LogP contribution is -2.26. The Balaban J connectivity index is 1.70. The lowest BCUT2D eigenvalue weighted by Gasteiger charge is -2.12. The SMILES string of the molecule is Cc1cccn2c(CNCC3(CO)CC3)cnc12. The molecule has 0 atom stereocenters. The first-order valence-corrected chi connectivity index (χ1v) is 6.47. The molecule has 96 valence electrons. The summed E-state index contributed by atoms with van der Waals surface area (Å²) in [5, 5.41) is 12.7. The molecule has 2 aromatic rings. The van der Waals surface area contributed by atoms with Crippen LogP contribution >= 0.6 is 0 Å². The summed E-state index contributed by atoms with van der Waals surface area (Å²) < 4.78 is 2.13. The Morgan fingerprint density at radius 1 is 1.50 bits per heavy atom. The number of aliphatic hydroxyl groups is 1. The van der Waals surface area contributed by atoms with Crippen LogP contribution in [0.25, 0.3) is 5.65 Å². The molecule has 4 nitrogen and oxygen atoms in total. The van der Waals surface area contributed by atoms with Gasteiger partial charge in [0.15, 0.2) is 0 Å². The van der Waals surface area contributed by atoms with Crippen LogP contribution in [-0.4, -0.2) is 27.6 Å². The minimum atomic E-state index is 0.163. The van der Waals surface area contributed by atoms with Crippen LogP contribution in [0, 0.1) is 12.3 Å². The van der Waals surface area contributed by atoms with Crippen molar-refractivity contribution in [2.45, 2.75) is 26.3 Å². The van der Waals surface area contributed by atoms with Crippen LogP contribution in [0.2, 0.25) is 0 Å². The Kier molecular flexibility index (Phi) is 2.84. The molecule has 2 N–H and O–H groups in total. The Bertz CT molecular complexity index is 557. The van der Waals surface area contributed by atoms with Gasteiger partial charge in [0, 0.05) is 31.3 Å². The molecule has 1 aliphatic rings. The van der Waals surface area contributed by atoms with Crippen molar-refractivity contribution in [3.8, 4) is 0 Å². The van der Waals surface area contributed by atoms with Crippen LogP contribution in [0.1, 0.15) is 24.1 Å². The molecule has 1 fully saturated rings. The fraction of sp³-hybridized carbons (Fsp3) is 0.500. The van der Waals surface area contributed by atoms with E-state index in [0.29, 0.717) is 6.61 Å². The molecule has 1 saturated carbocycles. The van der Waals surface area contributed by atoms with Gasteiger partial charge in [-0.3, -0.25) is 0 Å². The van der Waals surface area contributed by atoms with Gasteiger partial charge in [0.25, 0.3) is 0 Å². The normalized spacial score (nSPS) is 17.2. The van der Waals surface area contributed by atoms with Gasteiger partial charge in [-0.2, -0.15) is 0 Å². The van der Waals surface area contributed by atoms with Crippen molar-refractivity contribution in [3.63, 3.8) is 0 Å². The molecule has 0 bridgehead atoms. The molecular weight excluding hydrogens is 226 g/mol. The van der Waals surface area contributed by atoms with E-state index in [-0.39, 0.29) is 5.41 Å². The third kappa shape index (κ3) is 2.02. The zero-order chi connectivity index (χ0) is 12.6. The molecular formula is C14H19N3O. The van der Waals surface area contributed by atoms with E-state index in [1.165, 1.54) is 11.3 Å². The monoisotopic (exact) mass is 245 g/mol. The van der Waals surface area contributed by atoms with E-state index < -0.39 is 0 Å². The number of rotatable bonds is 5. The predicted molar refractivity (Wildman–Crippen MR) is 70.4 cm³/mol. The van der Waals surface area contributed by atoms with Gasteiger partial charge in [-0.15, -0.1) is 0 Å². The van der Waals surface area contributed by atoms with Crippen LogP contribution in [0.5, 0.6) is 0 Å². The molecule has 0 aromatic carbocycles. The minimum absolute atomic E-state index is 0.163. The Morgan fingerprint density at radius 2 is 2.33 bits per heavy atom. The summed E-state index contributed by atoms with van der Waals surface area (Å²) in [5.41, 5.74) is 3.55. The maximum atomic E-state index is 9.26. The highest BCUT2D eigenvalue weighted by atomic mass is 16.3. The zero-order valence-corrected chi connectivity index (χ0v) is 10.7. The number of hydrogen-bond acceptors (Lipinski definition) is 3. The van der Waals surface area contributed by atoms with Crippen LogP contribution in [0.15, 0.2) is 24.5 Å². The summed E-state index contributed by atoms with van der Waals surface area (Å²) in [5.74, 6) is 0. The molecule has 0 aliphatic heterocycles. The van der Waals surface area contributed by atoms with Crippen molar-refractivity contribution in [1.82, 2.24) is 14.7 Å². The average Bonchev–Trinajstić information content (AvgIpc) is 3.04. The van der Waals surface area contributed by atoms with E-state index in [1.54, 1.807) is 0 Å². The largest absolute Gasteiger partial charge is 0.396 e. The van der Waals surface area contributed by atoms with Gasteiger partial charge in [-0.05, 0) is 31.4 Å². The average molecular weight is 245 g/mol. The highest BCUT2D eigenvalue weighted by molar-refractivity contribution is 5.48. The van der Waals surface area contributed by atoms with Crippen molar-refractivity contribution >= 4 is 5.65 Å². The number of aromatic nitrogens is 2. The van der Waals surface area contributed by atoms with Gasteiger partial charge in [0.05, 0.1) is 11.9 Å². The van der Waals surface area contributed by atoms with Crippen molar-refractivity contribution in [2.75, 3.05) is 13.2 Å². The number of fused-ring (bicyclic) bond motifs is 1. The number of nitrogens with one attached hydrogen (secondary N) is 1. The Hall–Kier alpha value is -1.39. The number of aliphatic hydroxyl groups excluding tert-OH is 1. The first-order chi connectivity index (χ1) is 8.74. The summed E-state index contributed by atoms with van der Waals surface area (Å²) in [4.78, 5) is 4.44. The maximum Gasteiger partial charge on any atom is 0.139 e. The zero-order valence-electron chi connectivity index (χ0n) is 10.7. The van der Waals surface area contributed by atoms with Crippen molar-refractivity contribution in [2.24, 2.45) is 5.41 Å². The van der Waals surface area contributed by atoms with Gasteiger partial charge in [-0.1, -0.05) is 6.07 Å². The van der Waals surface area contributed by atoms with Gasteiger partial charge >= 0.3 is 0 Å². The fourth-order valence-corrected chi connectivity index (χ4v) is 2.36. The molecule has 0 spiro atoms. The standard InChI is InChI=1S/C14H19N3O/c1-11-3-2-6-17-12(8-16-13(11)17)7-15-9-14(10-18)4-5-14/h2-3,6,8,15,18H,4-5,7,9-10H2,1H3. The molecule has 2 aromatic heterocycles. The predicted octanol–water partition coefficient (Wildman–Crippen LogP) is 1.50. The van der Waals surface area contributed by atoms with Gasteiger partial charge in [0.2, 0.25) is 0 Å². The highest BCUT2D eigenvalue weighted by Gasteiger charge is 2.41. The molecule has 3 rings (SSSR count). The first-order valence-electron chi connectivity index (χ1n) is 6.47. The van der Waals surface area contributed by atoms with Crippen molar-refractivity contribution < 1.29 is 5.11 Å². The molecule has 0 unspecified atom stereocenters. The molecule has 2 heterocycles. The summed E-state index contributed by atoms with van der Waals surface area (Å²) in [6.07, 6.45) is 6.25. The number of imidazole rings is 1. The Morgan fingerprint density at radius 3 is 3.06 bits per heavy atom. The second-order valence-electron chi connectivity index (χ2n) is 5.40. The summed E-state index contributed by atoms with van der Waals surface area (Å²) in [7, 11) is 0. The number of aryl methyl sites for hydroxylation is 1. The lowest BCUT2D eigenvalue weighted by molar-refractivity contribution is 0.207. The topological polar surface area (TPSA) is 49.6 Å². The van der Waals surface area contributed by atoms with Crippen LogP contribution < -0.4 is 5.32 Å². The second kappa shape index (κ2) is 4.37. The third-order valence-corrected chi connectivity index (χ3v) is 3.91. The van der Waals surface area contributed by atoms with Gasteiger partial charge in [0.1, 0.15) is 5.65 Å². The van der Waals surface area contributed by atoms with E-state index in [9.17, 15) is 5.11 Å². The lowest BCUT2D eigenvalue weighted by atomic mass is 10.1.